The molecule has 0 atom stereocenters. The molecule has 0 spiro atoms. The molecule has 3 heterocycles. The zero-order valence-corrected chi connectivity index (χ0v) is 12.7. The third-order valence-corrected chi connectivity index (χ3v) is 3.90. The highest BCUT2D eigenvalue weighted by molar-refractivity contribution is 9.10. The second-order valence-electron chi connectivity index (χ2n) is 4.23. The van der Waals surface area contributed by atoms with Gasteiger partial charge in [-0.05, 0) is 40.2 Å². The van der Waals surface area contributed by atoms with E-state index in [1.54, 1.807) is 6.20 Å². The van der Waals surface area contributed by atoms with Crippen molar-refractivity contribution in [3.63, 3.8) is 0 Å². The highest BCUT2D eigenvalue weighted by atomic mass is 79.9. The average molecular weight is 378 g/mol. The Morgan fingerprint density at radius 1 is 1.00 bits per heavy atom. The van der Waals surface area contributed by atoms with Crippen LogP contribution in [0, 0.1) is 0 Å². The topological polar surface area (TPSA) is 54.5 Å². The molecular weight excluding hydrogens is 372 g/mol. The van der Waals surface area contributed by atoms with Gasteiger partial charge in [-0.1, -0.05) is 15.9 Å². The van der Waals surface area contributed by atoms with Crippen LogP contribution in [0.4, 0.5) is 0 Å². The molecule has 0 saturated heterocycles. The zero-order valence-electron chi connectivity index (χ0n) is 9.48. The molecule has 0 bridgehead atoms. The number of hydrogen-bond acceptors (Lipinski definition) is 3. The molecule has 0 aliphatic rings. The molecule has 1 aromatic carbocycles. The molecule has 3 aromatic heterocycles. The predicted molar refractivity (Wildman–Crippen MR) is 82.1 cm³/mol. The van der Waals surface area contributed by atoms with E-state index in [2.05, 4.69) is 51.8 Å². The van der Waals surface area contributed by atoms with Crippen molar-refractivity contribution in [3.8, 4) is 0 Å². The van der Waals surface area contributed by atoms with Gasteiger partial charge in [-0.3, -0.25) is 0 Å². The molecule has 4 rings (SSSR count). The summed E-state index contributed by atoms with van der Waals surface area (Å²) in [4.78, 5) is 16.7. The normalized spacial score (nSPS) is 11.7. The molecule has 19 heavy (non-hydrogen) atoms. The van der Waals surface area contributed by atoms with Gasteiger partial charge < -0.3 is 4.98 Å². The minimum atomic E-state index is 0.640. The lowest BCUT2D eigenvalue weighted by molar-refractivity contribution is 1.26. The number of nitrogens with zero attached hydrogens (tertiary/aromatic N) is 3. The zero-order chi connectivity index (χ0) is 13.0. The van der Waals surface area contributed by atoms with Crippen LogP contribution in [0.3, 0.4) is 0 Å². The molecule has 0 aliphatic carbocycles. The molecular formula is C13H6Br2N4. The van der Waals surface area contributed by atoms with E-state index in [4.69, 9.17) is 0 Å². The second kappa shape index (κ2) is 3.98. The summed E-state index contributed by atoms with van der Waals surface area (Å²) in [7, 11) is 0. The maximum Gasteiger partial charge on any atom is 0.180 e. The lowest BCUT2D eigenvalue weighted by atomic mass is 10.2. The number of fused-ring (bicyclic) bond motifs is 4. The first-order valence-electron chi connectivity index (χ1n) is 5.61. The van der Waals surface area contributed by atoms with Gasteiger partial charge in [-0.2, -0.15) is 0 Å². The van der Waals surface area contributed by atoms with Crippen molar-refractivity contribution < 1.29 is 0 Å². The number of pyridine rings is 1. The first-order valence-corrected chi connectivity index (χ1v) is 7.19. The fourth-order valence-corrected chi connectivity index (χ4v) is 2.83. The van der Waals surface area contributed by atoms with Crippen LogP contribution >= 0.6 is 31.9 Å². The summed E-state index contributed by atoms with van der Waals surface area (Å²) in [5.74, 6) is 0. The van der Waals surface area contributed by atoms with Crippen LogP contribution in [-0.2, 0) is 0 Å². The number of halogens is 2. The highest BCUT2D eigenvalue weighted by Gasteiger charge is 2.09. The van der Waals surface area contributed by atoms with Crippen molar-refractivity contribution >= 4 is 65.1 Å². The molecule has 92 valence electrons. The fraction of sp³-hybridized carbons (Fsp3) is 0. The second-order valence-corrected chi connectivity index (χ2v) is 6.06. The summed E-state index contributed by atoms with van der Waals surface area (Å²) < 4.78 is 1.92. The molecule has 0 saturated carbocycles. The van der Waals surface area contributed by atoms with Crippen molar-refractivity contribution in [1.82, 2.24) is 19.9 Å². The van der Waals surface area contributed by atoms with Crippen molar-refractivity contribution in [2.75, 3.05) is 0 Å². The Morgan fingerprint density at radius 2 is 1.89 bits per heavy atom. The lowest BCUT2D eigenvalue weighted by Gasteiger charge is -1.97. The smallest absolute Gasteiger partial charge is 0.180 e. The monoisotopic (exact) mass is 376 g/mol. The van der Waals surface area contributed by atoms with Crippen LogP contribution in [0.2, 0.25) is 0 Å². The van der Waals surface area contributed by atoms with Gasteiger partial charge in [0.15, 0.2) is 11.3 Å². The Hall–Kier alpha value is -1.53. The predicted octanol–water partition coefficient (Wildman–Crippen LogP) is 4.18. The van der Waals surface area contributed by atoms with Gasteiger partial charge in [0.1, 0.15) is 11.0 Å². The van der Waals surface area contributed by atoms with Crippen molar-refractivity contribution in [1.29, 1.82) is 0 Å². The summed E-state index contributed by atoms with van der Waals surface area (Å²) in [6, 6.07) is 7.97. The number of aromatic amines is 1. The molecule has 0 aliphatic heterocycles. The SMILES string of the molecule is Brc1cnc2nc3[nH]c4ccc(Br)cc4c3nc2c1. The van der Waals surface area contributed by atoms with Crippen molar-refractivity contribution in [2.24, 2.45) is 0 Å². The third kappa shape index (κ3) is 1.74. The summed E-state index contributed by atoms with van der Waals surface area (Å²) in [5, 5.41) is 1.05. The van der Waals surface area contributed by atoms with Crippen LogP contribution in [0.15, 0.2) is 39.4 Å². The Morgan fingerprint density at radius 3 is 2.79 bits per heavy atom. The maximum atomic E-state index is 4.66. The van der Waals surface area contributed by atoms with Gasteiger partial charge in [-0.15, -0.1) is 0 Å². The average Bonchev–Trinajstić information content (AvgIpc) is 2.73. The molecule has 0 amide bonds. The Labute approximate surface area is 124 Å². The number of hydrogen-bond donors (Lipinski definition) is 1. The molecule has 6 heteroatoms. The van der Waals surface area contributed by atoms with Crippen LogP contribution in [0.1, 0.15) is 0 Å². The number of benzene rings is 1. The van der Waals surface area contributed by atoms with E-state index in [9.17, 15) is 0 Å². The van der Waals surface area contributed by atoms with E-state index in [0.29, 0.717) is 5.65 Å². The van der Waals surface area contributed by atoms with E-state index in [-0.39, 0.29) is 0 Å². The molecule has 4 aromatic rings. The van der Waals surface area contributed by atoms with Crippen molar-refractivity contribution in [3.05, 3.63) is 39.4 Å². The van der Waals surface area contributed by atoms with Gasteiger partial charge in [0.2, 0.25) is 0 Å². The van der Waals surface area contributed by atoms with E-state index in [1.807, 2.05) is 24.3 Å². The van der Waals surface area contributed by atoms with Gasteiger partial charge in [-0.25, -0.2) is 15.0 Å². The first-order chi connectivity index (χ1) is 9.20. The van der Waals surface area contributed by atoms with Crippen LogP contribution < -0.4 is 0 Å². The van der Waals surface area contributed by atoms with Crippen molar-refractivity contribution in [2.45, 2.75) is 0 Å². The van der Waals surface area contributed by atoms with Crippen LogP contribution in [-0.4, -0.2) is 19.9 Å². The number of rotatable bonds is 0. The van der Waals surface area contributed by atoms with E-state index < -0.39 is 0 Å². The highest BCUT2D eigenvalue weighted by Crippen LogP contribution is 2.27. The largest absolute Gasteiger partial charge is 0.338 e. The van der Waals surface area contributed by atoms with Gasteiger partial charge in [0.25, 0.3) is 0 Å². The molecule has 0 unspecified atom stereocenters. The summed E-state index contributed by atoms with van der Waals surface area (Å²) in [5.41, 5.74) is 4.07. The standard InChI is InChI=1S/C13H6Br2N4/c14-6-1-2-9-8(3-6)11-13(18-9)19-12-10(17-11)4-7(15)5-16-12/h1-5H,(H,16,18,19). The van der Waals surface area contributed by atoms with Gasteiger partial charge >= 0.3 is 0 Å². The molecule has 0 fully saturated rings. The molecule has 0 radical (unpaired) electrons. The molecule has 4 nitrogen and oxygen atoms in total. The van der Waals surface area contributed by atoms with Gasteiger partial charge in [0.05, 0.1) is 0 Å². The summed E-state index contributed by atoms with van der Waals surface area (Å²) in [6.45, 7) is 0. The third-order valence-electron chi connectivity index (χ3n) is 2.98. The van der Waals surface area contributed by atoms with E-state index >= 15 is 0 Å². The lowest BCUT2D eigenvalue weighted by Crippen LogP contribution is -1.88. The van der Waals surface area contributed by atoms with Crippen LogP contribution in [0.25, 0.3) is 33.2 Å². The Balaban J connectivity index is 2.21. The number of H-pyrrole nitrogens is 1. The number of aromatic nitrogens is 4. The molecule has 1 N–H and O–H groups in total. The minimum Gasteiger partial charge on any atom is -0.338 e. The Bertz CT molecular complexity index is 939. The first kappa shape index (κ1) is 11.3. The van der Waals surface area contributed by atoms with E-state index in [0.717, 1.165) is 36.5 Å². The maximum absolute atomic E-state index is 4.66. The van der Waals surface area contributed by atoms with Gasteiger partial charge in [0, 0.05) is 26.0 Å². The summed E-state index contributed by atoms with van der Waals surface area (Å²) >= 11 is 6.89. The summed E-state index contributed by atoms with van der Waals surface area (Å²) in [6.07, 6.45) is 1.72. The Kier molecular flexibility index (Phi) is 2.37. The quantitative estimate of drug-likeness (QED) is 0.500. The van der Waals surface area contributed by atoms with E-state index in [1.165, 1.54) is 0 Å². The number of nitrogens with one attached hydrogen (secondary N) is 1. The minimum absolute atomic E-state index is 0.640. The van der Waals surface area contributed by atoms with Crippen LogP contribution in [0.5, 0.6) is 0 Å². The fourth-order valence-electron chi connectivity index (χ4n) is 2.15.